The fourth-order valence-corrected chi connectivity index (χ4v) is 4.99. The second kappa shape index (κ2) is 6.60. The van der Waals surface area contributed by atoms with Crippen molar-refractivity contribution in [3.8, 4) is 5.88 Å². The van der Waals surface area contributed by atoms with Gasteiger partial charge in [0.1, 0.15) is 0 Å². The van der Waals surface area contributed by atoms with Crippen molar-refractivity contribution in [3.63, 3.8) is 0 Å². The lowest BCUT2D eigenvalue weighted by Crippen LogP contribution is -2.42. The lowest BCUT2D eigenvalue weighted by atomic mass is 9.98. The Morgan fingerprint density at radius 3 is 2.48 bits per heavy atom. The molecule has 1 aromatic rings. The van der Waals surface area contributed by atoms with Crippen molar-refractivity contribution in [1.29, 1.82) is 0 Å². The van der Waals surface area contributed by atoms with Crippen LogP contribution in [-0.4, -0.2) is 61.7 Å². The quantitative estimate of drug-likeness (QED) is 0.773. The summed E-state index contributed by atoms with van der Waals surface area (Å²) >= 11 is 0. The van der Waals surface area contributed by atoms with E-state index in [1.54, 1.807) is 23.8 Å². The SMILES string of the molecule is COc1nccnc1N(C)CC1CCN(S(=O)(=O)C2CC2)CC1. The van der Waals surface area contributed by atoms with E-state index in [1.165, 1.54) is 0 Å². The highest BCUT2D eigenvalue weighted by Crippen LogP contribution is 2.33. The van der Waals surface area contributed by atoms with E-state index in [0.717, 1.165) is 38.0 Å². The van der Waals surface area contributed by atoms with Gasteiger partial charge >= 0.3 is 0 Å². The van der Waals surface area contributed by atoms with Gasteiger partial charge in [0.2, 0.25) is 10.0 Å². The van der Waals surface area contributed by atoms with Gasteiger partial charge in [-0.15, -0.1) is 0 Å². The molecule has 1 aliphatic carbocycles. The Labute approximate surface area is 137 Å². The third-order valence-electron chi connectivity index (χ3n) is 4.61. The molecule has 128 valence electrons. The molecular formula is C15H24N4O3S. The van der Waals surface area contributed by atoms with Crippen LogP contribution in [0.5, 0.6) is 5.88 Å². The van der Waals surface area contributed by atoms with Crippen molar-refractivity contribution in [1.82, 2.24) is 14.3 Å². The van der Waals surface area contributed by atoms with Crippen LogP contribution < -0.4 is 9.64 Å². The van der Waals surface area contributed by atoms with Crippen LogP contribution in [0.15, 0.2) is 12.4 Å². The van der Waals surface area contributed by atoms with Crippen LogP contribution in [0.2, 0.25) is 0 Å². The maximum Gasteiger partial charge on any atom is 0.257 e. The van der Waals surface area contributed by atoms with Gasteiger partial charge in [-0.1, -0.05) is 0 Å². The van der Waals surface area contributed by atoms with Crippen molar-refractivity contribution in [2.45, 2.75) is 30.9 Å². The lowest BCUT2D eigenvalue weighted by molar-refractivity contribution is 0.276. The maximum atomic E-state index is 12.3. The van der Waals surface area contributed by atoms with Crippen LogP contribution in [0.1, 0.15) is 25.7 Å². The first-order valence-electron chi connectivity index (χ1n) is 8.07. The van der Waals surface area contributed by atoms with Gasteiger partial charge in [-0.25, -0.2) is 22.7 Å². The molecule has 7 nitrogen and oxygen atoms in total. The Morgan fingerprint density at radius 1 is 1.22 bits per heavy atom. The summed E-state index contributed by atoms with van der Waals surface area (Å²) in [7, 11) is 0.532. The molecule has 1 aliphatic heterocycles. The minimum absolute atomic E-state index is 0.106. The van der Waals surface area contributed by atoms with Crippen LogP contribution in [0, 0.1) is 5.92 Å². The molecule has 0 aromatic carbocycles. The van der Waals surface area contributed by atoms with Crippen molar-refractivity contribution in [2.75, 3.05) is 38.7 Å². The van der Waals surface area contributed by atoms with E-state index in [-0.39, 0.29) is 5.25 Å². The average molecular weight is 340 g/mol. The summed E-state index contributed by atoms with van der Waals surface area (Å²) in [6.07, 6.45) is 6.70. The molecule has 1 aromatic heterocycles. The molecule has 1 saturated carbocycles. The molecule has 2 aliphatic rings. The van der Waals surface area contributed by atoms with Gasteiger partial charge in [0.15, 0.2) is 5.82 Å². The Bertz CT molecular complexity index is 640. The van der Waals surface area contributed by atoms with Crippen LogP contribution >= 0.6 is 0 Å². The van der Waals surface area contributed by atoms with Crippen molar-refractivity contribution in [2.24, 2.45) is 5.92 Å². The van der Waals surface area contributed by atoms with Crippen LogP contribution in [0.3, 0.4) is 0 Å². The van der Waals surface area contributed by atoms with Gasteiger partial charge in [-0.2, -0.15) is 0 Å². The minimum Gasteiger partial charge on any atom is -0.478 e. The lowest BCUT2D eigenvalue weighted by Gasteiger charge is -2.33. The summed E-state index contributed by atoms with van der Waals surface area (Å²) in [6, 6.07) is 0. The molecule has 1 saturated heterocycles. The standard InChI is InChI=1S/C15H24N4O3S/c1-18(14-15(22-2)17-8-7-16-14)11-12-5-9-19(10-6-12)23(20,21)13-3-4-13/h7-8,12-13H,3-6,9-11H2,1-2H3. The van der Waals surface area contributed by atoms with Gasteiger partial charge in [0.05, 0.1) is 12.4 Å². The highest BCUT2D eigenvalue weighted by Gasteiger charge is 2.41. The number of piperidine rings is 1. The molecule has 2 heterocycles. The predicted molar refractivity (Wildman–Crippen MR) is 88.1 cm³/mol. The predicted octanol–water partition coefficient (Wildman–Crippen LogP) is 1.13. The topological polar surface area (TPSA) is 75.6 Å². The zero-order valence-corrected chi connectivity index (χ0v) is 14.5. The fourth-order valence-electron chi connectivity index (χ4n) is 3.12. The number of aromatic nitrogens is 2. The summed E-state index contributed by atoms with van der Waals surface area (Å²) in [4.78, 5) is 10.5. The van der Waals surface area contributed by atoms with Gasteiger partial charge in [0.25, 0.3) is 5.88 Å². The second-order valence-electron chi connectivity index (χ2n) is 6.36. The second-order valence-corrected chi connectivity index (χ2v) is 8.57. The van der Waals surface area contributed by atoms with Gasteiger partial charge in [-0.3, -0.25) is 0 Å². The van der Waals surface area contributed by atoms with E-state index in [0.29, 0.717) is 24.9 Å². The molecule has 0 spiro atoms. The molecule has 0 atom stereocenters. The zero-order chi connectivity index (χ0) is 16.4. The average Bonchev–Trinajstić information content (AvgIpc) is 3.40. The monoisotopic (exact) mass is 340 g/mol. The normalized spacial score (nSPS) is 20.4. The van der Waals surface area contributed by atoms with E-state index < -0.39 is 10.0 Å². The molecule has 23 heavy (non-hydrogen) atoms. The molecule has 3 rings (SSSR count). The number of ether oxygens (including phenoxy) is 1. The molecule has 0 bridgehead atoms. The van der Waals surface area contributed by atoms with Gasteiger partial charge < -0.3 is 9.64 Å². The molecule has 2 fully saturated rings. The maximum absolute atomic E-state index is 12.3. The number of anilines is 1. The fraction of sp³-hybridized carbons (Fsp3) is 0.733. The minimum atomic E-state index is -3.03. The van der Waals surface area contributed by atoms with E-state index in [9.17, 15) is 8.42 Å². The number of hydrogen-bond acceptors (Lipinski definition) is 6. The molecule has 0 amide bonds. The molecule has 0 unspecified atom stereocenters. The Morgan fingerprint density at radius 2 is 1.87 bits per heavy atom. The van der Waals surface area contributed by atoms with Gasteiger partial charge in [0, 0.05) is 39.1 Å². The molecule has 0 radical (unpaired) electrons. The van der Waals surface area contributed by atoms with Crippen molar-refractivity contribution < 1.29 is 13.2 Å². The molecule has 8 heteroatoms. The van der Waals surface area contributed by atoms with Crippen molar-refractivity contribution >= 4 is 15.8 Å². The highest BCUT2D eigenvalue weighted by atomic mass is 32.2. The third-order valence-corrected chi connectivity index (χ3v) is 7.01. The molecule has 0 N–H and O–H groups in total. The van der Waals surface area contributed by atoms with Crippen LogP contribution in [-0.2, 0) is 10.0 Å². The summed E-state index contributed by atoms with van der Waals surface area (Å²) in [5.41, 5.74) is 0. The summed E-state index contributed by atoms with van der Waals surface area (Å²) in [6.45, 7) is 2.09. The third kappa shape index (κ3) is 3.58. The zero-order valence-electron chi connectivity index (χ0n) is 13.7. The van der Waals surface area contributed by atoms with E-state index in [2.05, 4.69) is 9.97 Å². The summed E-state index contributed by atoms with van der Waals surface area (Å²) in [5.74, 6) is 1.70. The number of rotatable bonds is 6. The number of sulfonamides is 1. The first kappa shape index (κ1) is 16.4. The van der Waals surface area contributed by atoms with E-state index in [1.807, 2.05) is 11.9 Å². The number of hydrogen-bond donors (Lipinski definition) is 0. The Kier molecular flexibility index (Phi) is 4.72. The van der Waals surface area contributed by atoms with E-state index >= 15 is 0 Å². The number of nitrogens with zero attached hydrogens (tertiary/aromatic N) is 4. The summed E-state index contributed by atoms with van der Waals surface area (Å²) in [5, 5.41) is -0.106. The van der Waals surface area contributed by atoms with Crippen molar-refractivity contribution in [3.05, 3.63) is 12.4 Å². The first-order valence-corrected chi connectivity index (χ1v) is 9.57. The Balaban J connectivity index is 1.56. The summed E-state index contributed by atoms with van der Waals surface area (Å²) < 4.78 is 31.5. The van der Waals surface area contributed by atoms with Crippen LogP contribution in [0.25, 0.3) is 0 Å². The Hall–Kier alpha value is -1.41. The molecular weight excluding hydrogens is 316 g/mol. The van der Waals surface area contributed by atoms with Crippen LogP contribution in [0.4, 0.5) is 5.82 Å². The smallest absolute Gasteiger partial charge is 0.257 e. The van der Waals surface area contributed by atoms with E-state index in [4.69, 9.17) is 4.74 Å². The first-order chi connectivity index (χ1) is 11.0. The largest absolute Gasteiger partial charge is 0.478 e. The highest BCUT2D eigenvalue weighted by molar-refractivity contribution is 7.90. The van der Waals surface area contributed by atoms with Gasteiger partial charge in [-0.05, 0) is 31.6 Å². The number of methoxy groups -OCH3 is 1.